The largest absolute Gasteiger partial charge is 0.389 e. The third-order valence-corrected chi connectivity index (χ3v) is 3.00. The van der Waals surface area contributed by atoms with Crippen LogP contribution >= 0.6 is 15.9 Å². The van der Waals surface area contributed by atoms with Crippen molar-refractivity contribution in [2.45, 2.75) is 19.1 Å². The zero-order valence-corrected chi connectivity index (χ0v) is 9.90. The first kappa shape index (κ1) is 12.2. The minimum Gasteiger partial charge on any atom is -0.389 e. The van der Waals surface area contributed by atoms with Crippen LogP contribution in [0.25, 0.3) is 0 Å². The number of rotatable bonds is 3. The average molecular weight is 270 g/mol. The van der Waals surface area contributed by atoms with Crippen molar-refractivity contribution in [2.24, 2.45) is 0 Å². The first-order chi connectivity index (χ1) is 7.11. The molecule has 0 aromatic heterocycles. The number of aliphatic hydroxyl groups is 2. The molecule has 80 valence electrons. The predicted molar refractivity (Wildman–Crippen MR) is 60.7 cm³/mol. The van der Waals surface area contributed by atoms with Crippen molar-refractivity contribution in [1.82, 2.24) is 0 Å². The predicted octanol–water partition coefficient (Wildman–Crippen LogP) is 1.66. The lowest BCUT2D eigenvalue weighted by Gasteiger charge is -2.18. The summed E-state index contributed by atoms with van der Waals surface area (Å²) in [7, 11) is 0. The molecule has 15 heavy (non-hydrogen) atoms. The van der Waals surface area contributed by atoms with Crippen molar-refractivity contribution in [3.05, 3.63) is 34.9 Å². The van der Waals surface area contributed by atoms with Gasteiger partial charge in [0.1, 0.15) is 6.10 Å². The van der Waals surface area contributed by atoms with Gasteiger partial charge in [-0.1, -0.05) is 28.1 Å². The molecule has 0 aliphatic heterocycles. The van der Waals surface area contributed by atoms with E-state index < -0.39 is 12.2 Å². The van der Waals surface area contributed by atoms with Gasteiger partial charge in [-0.15, -0.1) is 0 Å². The third kappa shape index (κ3) is 2.57. The normalized spacial score (nSPS) is 14.3. The fourth-order valence-corrected chi connectivity index (χ4v) is 1.74. The van der Waals surface area contributed by atoms with Crippen LogP contribution in [0.1, 0.15) is 22.8 Å². The molecule has 3 nitrogen and oxygen atoms in total. The van der Waals surface area contributed by atoms with Crippen LogP contribution in [0.15, 0.2) is 18.2 Å². The smallest absolute Gasteiger partial charge is 0.106 e. The highest BCUT2D eigenvalue weighted by molar-refractivity contribution is 9.09. The van der Waals surface area contributed by atoms with Gasteiger partial charge >= 0.3 is 0 Å². The number of aliphatic hydroxyl groups excluding tert-OH is 2. The minimum absolute atomic E-state index is 0.296. The second kappa shape index (κ2) is 5.26. The molecule has 2 atom stereocenters. The zero-order chi connectivity index (χ0) is 11.4. The summed E-state index contributed by atoms with van der Waals surface area (Å²) < 4.78 is 0. The van der Waals surface area contributed by atoms with Crippen LogP contribution in [0.2, 0.25) is 0 Å². The summed E-state index contributed by atoms with van der Waals surface area (Å²) in [5.74, 6) is 0. The highest BCUT2D eigenvalue weighted by atomic mass is 79.9. The van der Waals surface area contributed by atoms with Gasteiger partial charge in [-0.25, -0.2) is 0 Å². The summed E-state index contributed by atoms with van der Waals surface area (Å²) in [5, 5.41) is 28.4. The number of benzene rings is 1. The van der Waals surface area contributed by atoms with Crippen molar-refractivity contribution in [3.8, 4) is 6.07 Å². The summed E-state index contributed by atoms with van der Waals surface area (Å²) in [6.45, 7) is 1.76. The third-order valence-electron chi connectivity index (χ3n) is 2.34. The molecule has 0 aliphatic carbocycles. The highest BCUT2D eigenvalue weighted by Gasteiger charge is 2.19. The molecule has 1 rings (SSSR count). The Morgan fingerprint density at radius 1 is 1.47 bits per heavy atom. The van der Waals surface area contributed by atoms with Crippen LogP contribution in [0.3, 0.4) is 0 Å². The van der Waals surface area contributed by atoms with Gasteiger partial charge in [0.2, 0.25) is 0 Å². The van der Waals surface area contributed by atoms with Crippen LogP contribution < -0.4 is 0 Å². The second-order valence-electron chi connectivity index (χ2n) is 3.30. The topological polar surface area (TPSA) is 64.2 Å². The van der Waals surface area contributed by atoms with E-state index in [0.717, 1.165) is 0 Å². The molecule has 0 saturated heterocycles. The van der Waals surface area contributed by atoms with Crippen LogP contribution in [-0.2, 0) is 0 Å². The van der Waals surface area contributed by atoms with E-state index in [-0.39, 0.29) is 0 Å². The molecule has 0 amide bonds. The zero-order valence-electron chi connectivity index (χ0n) is 8.31. The van der Waals surface area contributed by atoms with E-state index in [0.29, 0.717) is 22.0 Å². The van der Waals surface area contributed by atoms with E-state index in [4.69, 9.17) is 5.26 Å². The van der Waals surface area contributed by atoms with Crippen LogP contribution in [0, 0.1) is 18.3 Å². The maximum atomic E-state index is 9.80. The lowest BCUT2D eigenvalue weighted by atomic mass is 9.96. The van der Waals surface area contributed by atoms with Gasteiger partial charge in [-0.3, -0.25) is 0 Å². The van der Waals surface area contributed by atoms with Crippen molar-refractivity contribution >= 4 is 15.9 Å². The minimum atomic E-state index is -0.960. The Kier molecular flexibility index (Phi) is 4.28. The average Bonchev–Trinajstić information content (AvgIpc) is 2.27. The van der Waals surface area contributed by atoms with E-state index in [9.17, 15) is 10.2 Å². The molecule has 2 N–H and O–H groups in total. The lowest BCUT2D eigenvalue weighted by Crippen LogP contribution is -2.20. The molecular weight excluding hydrogens is 258 g/mol. The fraction of sp³-hybridized carbons (Fsp3) is 0.364. The van der Waals surface area contributed by atoms with Crippen LogP contribution in [0.4, 0.5) is 0 Å². The Morgan fingerprint density at radius 2 is 2.13 bits per heavy atom. The monoisotopic (exact) mass is 269 g/mol. The molecule has 0 bridgehead atoms. The number of nitriles is 1. The molecule has 0 heterocycles. The highest BCUT2D eigenvalue weighted by Crippen LogP contribution is 2.23. The molecule has 0 spiro atoms. The van der Waals surface area contributed by atoms with Crippen LogP contribution in [0.5, 0.6) is 0 Å². The Bertz CT molecular complexity index is 387. The molecule has 0 aliphatic rings. The van der Waals surface area contributed by atoms with Crippen molar-refractivity contribution in [2.75, 3.05) is 5.33 Å². The number of halogens is 1. The van der Waals surface area contributed by atoms with Gasteiger partial charge in [-0.2, -0.15) is 5.26 Å². The SMILES string of the molecule is Cc1c(C#N)cccc1C(O)C(O)CBr. The number of nitrogens with zero attached hydrogens (tertiary/aromatic N) is 1. The Morgan fingerprint density at radius 3 is 2.67 bits per heavy atom. The maximum Gasteiger partial charge on any atom is 0.106 e. The van der Waals surface area contributed by atoms with Gasteiger partial charge in [-0.05, 0) is 24.1 Å². The van der Waals surface area contributed by atoms with Gasteiger partial charge in [0.15, 0.2) is 0 Å². The summed E-state index contributed by atoms with van der Waals surface area (Å²) in [6, 6.07) is 7.14. The fourth-order valence-electron chi connectivity index (χ4n) is 1.39. The Hall–Kier alpha value is -0.890. The van der Waals surface area contributed by atoms with Crippen molar-refractivity contribution in [1.29, 1.82) is 5.26 Å². The van der Waals surface area contributed by atoms with Crippen LogP contribution in [-0.4, -0.2) is 21.6 Å². The lowest BCUT2D eigenvalue weighted by molar-refractivity contribution is 0.0338. The van der Waals surface area contributed by atoms with Gasteiger partial charge in [0.05, 0.1) is 17.7 Å². The van der Waals surface area contributed by atoms with E-state index in [1.54, 1.807) is 25.1 Å². The summed E-state index contributed by atoms with van der Waals surface area (Å²) in [6.07, 6.45) is -1.82. The second-order valence-corrected chi connectivity index (χ2v) is 3.95. The molecule has 2 unspecified atom stereocenters. The Labute approximate surface area is 97.1 Å². The van der Waals surface area contributed by atoms with Gasteiger partial charge in [0.25, 0.3) is 0 Å². The van der Waals surface area contributed by atoms with Crippen molar-refractivity contribution < 1.29 is 10.2 Å². The van der Waals surface area contributed by atoms with E-state index in [2.05, 4.69) is 15.9 Å². The molecule has 0 saturated carbocycles. The quantitative estimate of drug-likeness (QED) is 0.821. The summed E-state index contributed by atoms with van der Waals surface area (Å²) in [5.41, 5.74) is 1.84. The molecule has 1 aromatic carbocycles. The first-order valence-corrected chi connectivity index (χ1v) is 5.65. The molecule has 0 fully saturated rings. The summed E-state index contributed by atoms with van der Waals surface area (Å²) in [4.78, 5) is 0. The molecule has 4 heteroatoms. The van der Waals surface area contributed by atoms with E-state index in [1.807, 2.05) is 6.07 Å². The molecular formula is C11H12BrNO2. The molecule has 1 aromatic rings. The van der Waals surface area contributed by atoms with Gasteiger partial charge in [0, 0.05) is 5.33 Å². The summed E-state index contributed by atoms with van der Waals surface area (Å²) >= 11 is 3.10. The number of hydrogen-bond acceptors (Lipinski definition) is 3. The number of alkyl halides is 1. The van der Waals surface area contributed by atoms with Gasteiger partial charge < -0.3 is 10.2 Å². The number of hydrogen-bond donors (Lipinski definition) is 2. The van der Waals surface area contributed by atoms with E-state index >= 15 is 0 Å². The van der Waals surface area contributed by atoms with E-state index in [1.165, 1.54) is 0 Å². The first-order valence-electron chi connectivity index (χ1n) is 4.53. The maximum absolute atomic E-state index is 9.80. The molecule has 0 radical (unpaired) electrons. The van der Waals surface area contributed by atoms with Crippen molar-refractivity contribution in [3.63, 3.8) is 0 Å². The Balaban J connectivity index is 3.10. The standard InChI is InChI=1S/C11H12BrNO2/c1-7-8(6-13)3-2-4-9(7)11(15)10(14)5-12/h2-4,10-11,14-15H,5H2,1H3.